The van der Waals surface area contributed by atoms with Gasteiger partial charge in [0.1, 0.15) is 5.78 Å². The lowest BCUT2D eigenvalue weighted by atomic mass is 10.0. The fourth-order valence-electron chi connectivity index (χ4n) is 2.05. The zero-order valence-electron chi connectivity index (χ0n) is 12.1. The molecule has 0 N–H and O–H groups in total. The molecule has 0 aliphatic rings. The van der Waals surface area contributed by atoms with Crippen LogP contribution in [0.2, 0.25) is 0 Å². The van der Waals surface area contributed by atoms with Crippen LogP contribution in [0.1, 0.15) is 39.2 Å². The van der Waals surface area contributed by atoms with Gasteiger partial charge in [-0.05, 0) is 43.4 Å². The van der Waals surface area contributed by atoms with Crippen LogP contribution >= 0.6 is 0 Å². The summed E-state index contributed by atoms with van der Waals surface area (Å²) in [6.07, 6.45) is 2.74. The van der Waals surface area contributed by atoms with Crippen LogP contribution in [-0.2, 0) is 11.2 Å². The van der Waals surface area contributed by atoms with Crippen LogP contribution in [0.25, 0.3) is 0 Å². The van der Waals surface area contributed by atoms with Gasteiger partial charge in [0.2, 0.25) is 0 Å². The maximum absolute atomic E-state index is 10.9. The quantitative estimate of drug-likeness (QED) is 0.732. The lowest BCUT2D eigenvalue weighted by molar-refractivity contribution is -0.117. The number of carbonyl (C=O) groups is 1. The standard InChI is InChI=1S/C16H25NO/c1-13(2)12-15-7-9-16(10-8-15)17(4)11-5-6-14(3)18/h7-10,13H,5-6,11-12H2,1-4H3. The van der Waals surface area contributed by atoms with Gasteiger partial charge in [0, 0.05) is 25.7 Å². The molecule has 0 aliphatic carbocycles. The molecule has 18 heavy (non-hydrogen) atoms. The van der Waals surface area contributed by atoms with E-state index in [0.29, 0.717) is 12.3 Å². The number of nitrogens with zero attached hydrogens (tertiary/aromatic N) is 1. The van der Waals surface area contributed by atoms with E-state index in [4.69, 9.17) is 0 Å². The van der Waals surface area contributed by atoms with Crippen molar-refractivity contribution in [2.24, 2.45) is 5.92 Å². The van der Waals surface area contributed by atoms with Gasteiger partial charge in [0.15, 0.2) is 0 Å². The molecule has 0 saturated heterocycles. The first-order chi connectivity index (χ1) is 8.49. The predicted molar refractivity (Wildman–Crippen MR) is 78.2 cm³/mol. The normalized spacial score (nSPS) is 10.7. The van der Waals surface area contributed by atoms with E-state index in [2.05, 4.69) is 50.1 Å². The molecule has 0 heterocycles. The molecule has 1 aromatic rings. The maximum atomic E-state index is 10.9. The van der Waals surface area contributed by atoms with Crippen molar-refractivity contribution in [1.82, 2.24) is 0 Å². The molecule has 0 bridgehead atoms. The summed E-state index contributed by atoms with van der Waals surface area (Å²) in [5.41, 5.74) is 2.62. The van der Waals surface area contributed by atoms with Crippen molar-refractivity contribution in [3.05, 3.63) is 29.8 Å². The van der Waals surface area contributed by atoms with Gasteiger partial charge in [0.05, 0.1) is 0 Å². The minimum Gasteiger partial charge on any atom is -0.375 e. The van der Waals surface area contributed by atoms with Gasteiger partial charge >= 0.3 is 0 Å². The molecule has 0 unspecified atom stereocenters. The number of carbonyl (C=O) groups excluding carboxylic acids is 1. The van der Waals surface area contributed by atoms with Crippen LogP contribution in [0.3, 0.4) is 0 Å². The highest BCUT2D eigenvalue weighted by Gasteiger charge is 2.03. The summed E-state index contributed by atoms with van der Waals surface area (Å²) in [7, 11) is 2.08. The highest BCUT2D eigenvalue weighted by molar-refractivity contribution is 5.75. The van der Waals surface area contributed by atoms with E-state index in [1.807, 2.05) is 0 Å². The Morgan fingerprint density at radius 2 is 1.83 bits per heavy atom. The molecule has 0 fully saturated rings. The second-order valence-electron chi connectivity index (χ2n) is 5.49. The molecule has 0 aromatic heterocycles. The number of ketones is 1. The Bertz CT molecular complexity index is 367. The van der Waals surface area contributed by atoms with Crippen molar-refractivity contribution >= 4 is 11.5 Å². The number of hydrogen-bond acceptors (Lipinski definition) is 2. The highest BCUT2D eigenvalue weighted by Crippen LogP contribution is 2.16. The molecule has 100 valence electrons. The molecule has 0 radical (unpaired) electrons. The van der Waals surface area contributed by atoms with Gasteiger partial charge in [-0.3, -0.25) is 0 Å². The number of benzene rings is 1. The number of Topliss-reactive ketones (excluding diaryl/α,β-unsaturated/α-hetero) is 1. The van der Waals surface area contributed by atoms with Crippen molar-refractivity contribution in [3.8, 4) is 0 Å². The van der Waals surface area contributed by atoms with Gasteiger partial charge < -0.3 is 9.69 Å². The van der Waals surface area contributed by atoms with Crippen LogP contribution in [0.5, 0.6) is 0 Å². The monoisotopic (exact) mass is 247 g/mol. The molecule has 0 aliphatic heterocycles. The molecular weight excluding hydrogens is 222 g/mol. The Labute approximate surface area is 111 Å². The maximum Gasteiger partial charge on any atom is 0.129 e. The average molecular weight is 247 g/mol. The second kappa shape index (κ2) is 7.20. The third kappa shape index (κ3) is 5.35. The summed E-state index contributed by atoms with van der Waals surface area (Å²) in [6, 6.07) is 8.75. The minimum atomic E-state index is 0.274. The molecule has 0 spiro atoms. The van der Waals surface area contributed by atoms with Crippen LogP contribution in [-0.4, -0.2) is 19.4 Å². The van der Waals surface area contributed by atoms with Gasteiger partial charge in [-0.15, -0.1) is 0 Å². The van der Waals surface area contributed by atoms with E-state index in [1.54, 1.807) is 6.92 Å². The molecular formula is C16H25NO. The fraction of sp³-hybridized carbons (Fsp3) is 0.562. The van der Waals surface area contributed by atoms with Crippen molar-refractivity contribution < 1.29 is 4.79 Å². The molecule has 0 atom stereocenters. The molecule has 2 nitrogen and oxygen atoms in total. The van der Waals surface area contributed by atoms with Crippen molar-refractivity contribution in [2.75, 3.05) is 18.5 Å². The van der Waals surface area contributed by atoms with Gasteiger partial charge in [-0.25, -0.2) is 0 Å². The largest absolute Gasteiger partial charge is 0.375 e. The highest BCUT2D eigenvalue weighted by atomic mass is 16.1. The number of hydrogen-bond donors (Lipinski definition) is 0. The van der Waals surface area contributed by atoms with E-state index in [1.165, 1.54) is 11.3 Å². The first kappa shape index (κ1) is 14.7. The Morgan fingerprint density at radius 1 is 1.22 bits per heavy atom. The van der Waals surface area contributed by atoms with Crippen LogP contribution in [0.15, 0.2) is 24.3 Å². The topological polar surface area (TPSA) is 20.3 Å². The molecule has 1 rings (SSSR count). The SMILES string of the molecule is CC(=O)CCCN(C)c1ccc(CC(C)C)cc1. The molecule has 0 amide bonds. The summed E-state index contributed by atoms with van der Waals surface area (Å²) in [6.45, 7) is 7.06. The number of anilines is 1. The summed E-state index contributed by atoms with van der Waals surface area (Å²) in [5, 5.41) is 0. The van der Waals surface area contributed by atoms with Crippen LogP contribution in [0, 0.1) is 5.92 Å². The van der Waals surface area contributed by atoms with Crippen LogP contribution < -0.4 is 4.90 Å². The first-order valence-corrected chi connectivity index (χ1v) is 6.78. The molecule has 1 aromatic carbocycles. The second-order valence-corrected chi connectivity index (χ2v) is 5.49. The zero-order chi connectivity index (χ0) is 13.5. The Morgan fingerprint density at radius 3 is 2.33 bits per heavy atom. The van der Waals surface area contributed by atoms with E-state index in [-0.39, 0.29) is 5.78 Å². The first-order valence-electron chi connectivity index (χ1n) is 6.78. The lowest BCUT2D eigenvalue weighted by Gasteiger charge is -2.19. The van der Waals surface area contributed by atoms with Crippen molar-refractivity contribution in [3.63, 3.8) is 0 Å². The minimum absolute atomic E-state index is 0.274. The van der Waals surface area contributed by atoms with E-state index < -0.39 is 0 Å². The van der Waals surface area contributed by atoms with E-state index >= 15 is 0 Å². The van der Waals surface area contributed by atoms with Crippen molar-refractivity contribution in [2.45, 2.75) is 40.0 Å². The average Bonchev–Trinajstić information content (AvgIpc) is 2.28. The summed E-state index contributed by atoms with van der Waals surface area (Å²) < 4.78 is 0. The molecule has 0 saturated carbocycles. The van der Waals surface area contributed by atoms with Gasteiger partial charge in [-0.2, -0.15) is 0 Å². The molecule has 2 heteroatoms. The Kier molecular flexibility index (Phi) is 5.90. The summed E-state index contributed by atoms with van der Waals surface area (Å²) in [5.74, 6) is 0.972. The summed E-state index contributed by atoms with van der Waals surface area (Å²) in [4.78, 5) is 13.1. The van der Waals surface area contributed by atoms with Gasteiger partial charge in [-0.1, -0.05) is 26.0 Å². The predicted octanol–water partition coefficient (Wildman–Crippen LogP) is 3.69. The Balaban J connectivity index is 2.48. The van der Waals surface area contributed by atoms with Crippen molar-refractivity contribution in [1.29, 1.82) is 0 Å². The van der Waals surface area contributed by atoms with Gasteiger partial charge in [0.25, 0.3) is 0 Å². The smallest absolute Gasteiger partial charge is 0.129 e. The third-order valence-corrected chi connectivity index (χ3v) is 3.04. The summed E-state index contributed by atoms with van der Waals surface area (Å²) >= 11 is 0. The van der Waals surface area contributed by atoms with Crippen LogP contribution in [0.4, 0.5) is 5.69 Å². The third-order valence-electron chi connectivity index (χ3n) is 3.04. The van der Waals surface area contributed by atoms with E-state index in [9.17, 15) is 4.79 Å². The number of rotatable bonds is 7. The fourth-order valence-corrected chi connectivity index (χ4v) is 2.05. The zero-order valence-corrected chi connectivity index (χ0v) is 12.1. The Hall–Kier alpha value is -1.31. The van der Waals surface area contributed by atoms with E-state index in [0.717, 1.165) is 19.4 Å². The lowest BCUT2D eigenvalue weighted by Crippen LogP contribution is -2.18.